The molecule has 1 fully saturated rings. The average Bonchev–Trinajstić information content (AvgIpc) is 3.07. The van der Waals surface area contributed by atoms with Crippen molar-refractivity contribution in [2.24, 2.45) is 5.73 Å². The number of hydrogen-bond donors (Lipinski definition) is 3. The molecule has 0 aliphatic heterocycles. The Morgan fingerprint density at radius 1 is 1.47 bits per heavy atom. The second-order valence-electron chi connectivity index (χ2n) is 4.48. The largest absolute Gasteiger partial charge is 0.383 e. The third kappa shape index (κ3) is 2.46. The highest BCUT2D eigenvalue weighted by atomic mass is 16.1. The van der Waals surface area contributed by atoms with Crippen LogP contribution in [0.2, 0.25) is 0 Å². The number of aromatic nitrogens is 2. The van der Waals surface area contributed by atoms with E-state index in [-0.39, 0.29) is 0 Å². The van der Waals surface area contributed by atoms with E-state index in [1.165, 1.54) is 0 Å². The molecule has 1 aromatic rings. The van der Waals surface area contributed by atoms with Crippen molar-refractivity contribution in [1.82, 2.24) is 9.97 Å². The number of nitrogens with one attached hydrogen (secondary N) is 1. The van der Waals surface area contributed by atoms with Crippen LogP contribution in [-0.4, -0.2) is 21.9 Å². The quantitative estimate of drug-likeness (QED) is 0.705. The lowest BCUT2D eigenvalue weighted by Crippen LogP contribution is -2.33. The molecule has 1 saturated carbocycles. The summed E-state index contributed by atoms with van der Waals surface area (Å²) in [6, 6.07) is -0.477. The third-order valence-electron chi connectivity index (χ3n) is 2.92. The van der Waals surface area contributed by atoms with E-state index in [1.54, 1.807) is 6.92 Å². The molecule has 1 amide bonds. The van der Waals surface area contributed by atoms with Gasteiger partial charge in [0.2, 0.25) is 5.91 Å². The number of nitrogen functional groups attached to an aromatic ring is 1. The Morgan fingerprint density at radius 2 is 2.12 bits per heavy atom. The van der Waals surface area contributed by atoms with Crippen LogP contribution in [0, 0.1) is 6.92 Å². The number of rotatable bonds is 4. The molecule has 5 N–H and O–H groups in total. The molecule has 1 aliphatic rings. The van der Waals surface area contributed by atoms with E-state index in [0.717, 1.165) is 24.2 Å². The second kappa shape index (κ2) is 4.20. The normalized spacial score (nSPS) is 16.6. The van der Waals surface area contributed by atoms with Gasteiger partial charge < -0.3 is 16.8 Å². The molecule has 0 radical (unpaired) electrons. The first-order chi connectivity index (χ1) is 7.99. The molecule has 0 spiro atoms. The van der Waals surface area contributed by atoms with Crippen molar-refractivity contribution in [3.63, 3.8) is 0 Å². The topological polar surface area (TPSA) is 107 Å². The molecule has 2 rings (SSSR count). The van der Waals surface area contributed by atoms with E-state index in [0.29, 0.717) is 17.6 Å². The van der Waals surface area contributed by atoms with Crippen molar-refractivity contribution in [3.05, 3.63) is 11.4 Å². The highest BCUT2D eigenvalue weighted by Crippen LogP contribution is 2.39. The van der Waals surface area contributed by atoms with Crippen molar-refractivity contribution in [1.29, 1.82) is 0 Å². The summed E-state index contributed by atoms with van der Waals surface area (Å²) < 4.78 is 0. The van der Waals surface area contributed by atoms with Crippen LogP contribution in [0.4, 0.5) is 11.6 Å². The fourth-order valence-electron chi connectivity index (χ4n) is 1.49. The van der Waals surface area contributed by atoms with Gasteiger partial charge in [-0.3, -0.25) is 4.79 Å². The fourth-order valence-corrected chi connectivity index (χ4v) is 1.49. The standard InChI is InChI=1S/C11H17N5O/c1-5-8(12)15-11(7-3-4-7)16-10(5)14-6(2)9(13)17/h6-7H,3-4H2,1-2H3,(H2,13,17)(H3,12,14,15,16). The highest BCUT2D eigenvalue weighted by molar-refractivity contribution is 5.82. The predicted molar refractivity (Wildman–Crippen MR) is 65.4 cm³/mol. The number of nitrogens with zero attached hydrogens (tertiary/aromatic N) is 2. The molecule has 1 heterocycles. The lowest BCUT2D eigenvalue weighted by atomic mass is 10.2. The molecule has 1 atom stereocenters. The van der Waals surface area contributed by atoms with Crippen LogP contribution in [-0.2, 0) is 4.79 Å². The zero-order valence-electron chi connectivity index (χ0n) is 10.0. The van der Waals surface area contributed by atoms with Crippen LogP contribution in [0.3, 0.4) is 0 Å². The number of carbonyl (C=O) groups is 1. The van der Waals surface area contributed by atoms with Gasteiger partial charge in [-0.15, -0.1) is 0 Å². The van der Waals surface area contributed by atoms with E-state index in [2.05, 4.69) is 15.3 Å². The fraction of sp³-hybridized carbons (Fsp3) is 0.545. The monoisotopic (exact) mass is 235 g/mol. The molecule has 1 aliphatic carbocycles. The van der Waals surface area contributed by atoms with Gasteiger partial charge in [-0.1, -0.05) is 0 Å². The van der Waals surface area contributed by atoms with Crippen LogP contribution >= 0.6 is 0 Å². The summed E-state index contributed by atoms with van der Waals surface area (Å²) in [5, 5.41) is 2.97. The smallest absolute Gasteiger partial charge is 0.239 e. The zero-order valence-corrected chi connectivity index (χ0v) is 10.0. The molecule has 1 unspecified atom stereocenters. The van der Waals surface area contributed by atoms with Crippen molar-refractivity contribution >= 4 is 17.5 Å². The van der Waals surface area contributed by atoms with Gasteiger partial charge in [-0.2, -0.15) is 0 Å². The molecular weight excluding hydrogens is 218 g/mol. The average molecular weight is 235 g/mol. The van der Waals surface area contributed by atoms with Gasteiger partial charge in [0.1, 0.15) is 23.5 Å². The highest BCUT2D eigenvalue weighted by Gasteiger charge is 2.28. The van der Waals surface area contributed by atoms with Crippen LogP contribution in [0.5, 0.6) is 0 Å². The van der Waals surface area contributed by atoms with E-state index >= 15 is 0 Å². The number of primary amides is 1. The summed E-state index contributed by atoms with van der Waals surface area (Å²) in [6.07, 6.45) is 2.21. The summed E-state index contributed by atoms with van der Waals surface area (Å²) in [4.78, 5) is 19.7. The Bertz CT molecular complexity index is 455. The first-order valence-electron chi connectivity index (χ1n) is 5.69. The van der Waals surface area contributed by atoms with E-state index < -0.39 is 11.9 Å². The summed E-state index contributed by atoms with van der Waals surface area (Å²) in [5.41, 5.74) is 11.8. The van der Waals surface area contributed by atoms with Gasteiger partial charge in [0, 0.05) is 11.5 Å². The summed E-state index contributed by atoms with van der Waals surface area (Å²) in [5.74, 6) is 1.82. The Labute approximate surface area is 99.8 Å². The molecule has 92 valence electrons. The molecule has 0 bridgehead atoms. The van der Waals surface area contributed by atoms with E-state index in [4.69, 9.17) is 11.5 Å². The SMILES string of the molecule is Cc1c(N)nc(C2CC2)nc1NC(C)C(N)=O. The number of carbonyl (C=O) groups excluding carboxylic acids is 1. The van der Waals surface area contributed by atoms with Crippen LogP contribution in [0.1, 0.15) is 37.1 Å². The predicted octanol–water partition coefficient (Wildman–Crippen LogP) is 0.530. The zero-order chi connectivity index (χ0) is 12.6. The Hall–Kier alpha value is -1.85. The van der Waals surface area contributed by atoms with Crippen LogP contribution in [0.15, 0.2) is 0 Å². The Morgan fingerprint density at radius 3 is 2.65 bits per heavy atom. The molecular formula is C11H17N5O. The summed E-state index contributed by atoms with van der Waals surface area (Å²) in [7, 11) is 0. The van der Waals surface area contributed by atoms with Crippen LogP contribution in [0.25, 0.3) is 0 Å². The summed E-state index contributed by atoms with van der Waals surface area (Å²) in [6.45, 7) is 3.51. The van der Waals surface area contributed by atoms with Crippen molar-refractivity contribution in [2.45, 2.75) is 38.6 Å². The molecule has 6 heteroatoms. The van der Waals surface area contributed by atoms with E-state index in [1.807, 2.05) is 6.92 Å². The minimum absolute atomic E-state index is 0.419. The number of amides is 1. The molecule has 0 saturated heterocycles. The Balaban J connectivity index is 2.28. The van der Waals surface area contributed by atoms with Crippen molar-refractivity contribution < 1.29 is 4.79 Å². The van der Waals surface area contributed by atoms with Crippen molar-refractivity contribution in [2.75, 3.05) is 11.1 Å². The maximum Gasteiger partial charge on any atom is 0.239 e. The molecule has 1 aromatic heterocycles. The molecule has 0 aromatic carbocycles. The minimum atomic E-state index is -0.477. The molecule has 6 nitrogen and oxygen atoms in total. The maximum absolute atomic E-state index is 11.0. The number of nitrogens with two attached hydrogens (primary N) is 2. The second-order valence-corrected chi connectivity index (χ2v) is 4.48. The van der Waals surface area contributed by atoms with Gasteiger partial charge >= 0.3 is 0 Å². The van der Waals surface area contributed by atoms with Crippen LogP contribution < -0.4 is 16.8 Å². The van der Waals surface area contributed by atoms with E-state index in [9.17, 15) is 4.79 Å². The third-order valence-corrected chi connectivity index (χ3v) is 2.92. The lowest BCUT2D eigenvalue weighted by molar-refractivity contribution is -0.118. The van der Waals surface area contributed by atoms with Gasteiger partial charge in [-0.25, -0.2) is 9.97 Å². The van der Waals surface area contributed by atoms with Gasteiger partial charge in [0.05, 0.1) is 0 Å². The minimum Gasteiger partial charge on any atom is -0.383 e. The Kier molecular flexibility index (Phi) is 2.87. The van der Waals surface area contributed by atoms with Gasteiger partial charge in [0.15, 0.2) is 0 Å². The van der Waals surface area contributed by atoms with Gasteiger partial charge in [-0.05, 0) is 26.7 Å². The first kappa shape index (κ1) is 11.6. The molecule has 17 heavy (non-hydrogen) atoms. The number of hydrogen-bond acceptors (Lipinski definition) is 5. The van der Waals surface area contributed by atoms with Crippen molar-refractivity contribution in [3.8, 4) is 0 Å². The lowest BCUT2D eigenvalue weighted by Gasteiger charge is -2.15. The maximum atomic E-state index is 11.0. The number of anilines is 2. The first-order valence-corrected chi connectivity index (χ1v) is 5.69. The van der Waals surface area contributed by atoms with Gasteiger partial charge in [0.25, 0.3) is 0 Å². The summed E-state index contributed by atoms with van der Waals surface area (Å²) >= 11 is 0.